The number of amides is 3. The van der Waals surface area contributed by atoms with E-state index in [-0.39, 0.29) is 17.9 Å². The molecule has 0 aliphatic rings. The van der Waals surface area contributed by atoms with Crippen LogP contribution in [-0.4, -0.2) is 33.0 Å². The number of nitro groups is 1. The number of carbonyl (C=O) groups is 2. The van der Waals surface area contributed by atoms with Gasteiger partial charge in [-0.05, 0) is 24.6 Å². The zero-order valence-corrected chi connectivity index (χ0v) is 14.6. The number of nitrogens with one attached hydrogen (secondary N) is 2. The largest absolute Gasteiger partial charge is 0.322 e. The molecule has 1 atom stereocenters. The van der Waals surface area contributed by atoms with E-state index in [1.165, 1.54) is 36.7 Å². The van der Waals surface area contributed by atoms with Crippen LogP contribution >= 0.6 is 0 Å². The molecule has 2 aromatic carbocycles. The van der Waals surface area contributed by atoms with Crippen LogP contribution < -0.4 is 10.8 Å². The molecule has 0 aromatic heterocycles. The molecule has 3 N–H and O–H groups in total. The maximum Gasteiger partial charge on any atom is 0.322 e. The van der Waals surface area contributed by atoms with Crippen LogP contribution in [0.25, 0.3) is 0 Å². The highest BCUT2D eigenvalue weighted by atomic mass is 19.1. The first-order valence-electron chi connectivity index (χ1n) is 7.93. The van der Waals surface area contributed by atoms with E-state index < -0.39 is 34.5 Å². The molecule has 0 spiro atoms. The molecular formula is C17H16F2N4O5. The van der Waals surface area contributed by atoms with Gasteiger partial charge in [0.15, 0.2) is 0 Å². The number of carbonyl (C=O) groups excluding carboxylic acids is 2. The second-order valence-electron chi connectivity index (χ2n) is 5.76. The number of non-ortho nitro benzene ring substituents is 1. The number of benzene rings is 2. The van der Waals surface area contributed by atoms with Crippen molar-refractivity contribution in [3.8, 4) is 0 Å². The molecular weight excluding hydrogens is 378 g/mol. The molecule has 11 heteroatoms. The van der Waals surface area contributed by atoms with Crippen LogP contribution in [0.5, 0.6) is 0 Å². The molecule has 0 bridgehead atoms. The van der Waals surface area contributed by atoms with E-state index in [0.29, 0.717) is 11.6 Å². The van der Waals surface area contributed by atoms with Crippen molar-refractivity contribution in [1.82, 2.24) is 10.4 Å². The van der Waals surface area contributed by atoms with Gasteiger partial charge in [0, 0.05) is 24.7 Å². The predicted octanol–water partition coefficient (Wildman–Crippen LogP) is 2.80. The predicted molar refractivity (Wildman–Crippen MR) is 93.4 cm³/mol. The molecule has 0 heterocycles. The van der Waals surface area contributed by atoms with Crippen LogP contribution in [0, 0.1) is 21.7 Å². The van der Waals surface area contributed by atoms with Crippen LogP contribution in [0.2, 0.25) is 0 Å². The number of hydrogen-bond donors (Lipinski definition) is 3. The van der Waals surface area contributed by atoms with Crippen molar-refractivity contribution >= 4 is 23.3 Å². The zero-order chi connectivity index (χ0) is 20.8. The minimum atomic E-state index is -1.18. The Hall–Kier alpha value is -3.60. The smallest absolute Gasteiger partial charge is 0.308 e. The summed E-state index contributed by atoms with van der Waals surface area (Å²) in [5.74, 6) is -2.74. The van der Waals surface area contributed by atoms with Gasteiger partial charge in [0.1, 0.15) is 17.7 Å². The molecule has 2 rings (SSSR count). The molecule has 28 heavy (non-hydrogen) atoms. The molecule has 0 saturated carbocycles. The Labute approximate surface area is 157 Å². The Balaban J connectivity index is 2.26. The number of hydroxylamine groups is 1. The summed E-state index contributed by atoms with van der Waals surface area (Å²) in [6, 6.07) is 5.70. The van der Waals surface area contributed by atoms with Gasteiger partial charge >= 0.3 is 6.03 Å². The second-order valence-corrected chi connectivity index (χ2v) is 5.76. The monoisotopic (exact) mass is 394 g/mol. The molecule has 0 aliphatic carbocycles. The topological polar surface area (TPSA) is 125 Å². The Morgan fingerprint density at radius 1 is 1.21 bits per heavy atom. The van der Waals surface area contributed by atoms with E-state index in [1.54, 1.807) is 0 Å². The van der Waals surface area contributed by atoms with E-state index in [2.05, 4.69) is 5.32 Å². The first kappa shape index (κ1) is 20.7. The third kappa shape index (κ3) is 4.98. The summed E-state index contributed by atoms with van der Waals surface area (Å²) in [4.78, 5) is 35.4. The van der Waals surface area contributed by atoms with E-state index in [0.717, 1.165) is 17.0 Å². The first-order chi connectivity index (χ1) is 13.2. The quantitative estimate of drug-likeness (QED) is 0.395. The van der Waals surface area contributed by atoms with Crippen LogP contribution in [-0.2, 0) is 11.3 Å². The van der Waals surface area contributed by atoms with Gasteiger partial charge in [0.25, 0.3) is 11.6 Å². The zero-order valence-electron chi connectivity index (χ0n) is 14.6. The van der Waals surface area contributed by atoms with Crippen molar-refractivity contribution in [1.29, 1.82) is 0 Å². The van der Waals surface area contributed by atoms with Gasteiger partial charge in [-0.15, -0.1) is 0 Å². The average molecular weight is 394 g/mol. The molecule has 0 saturated heterocycles. The van der Waals surface area contributed by atoms with Gasteiger partial charge < -0.3 is 10.2 Å². The maximum atomic E-state index is 13.8. The van der Waals surface area contributed by atoms with Gasteiger partial charge in [-0.1, -0.05) is 12.1 Å². The standard InChI is InChI=1S/C17H16F2N4O5/c1-10(16(24)21-26)22(9-11-2-5-13(6-3-11)23(27)28)17(25)20-15-7-4-12(18)8-14(15)19/h2-8,10,26H,9H2,1H3,(H,20,25)(H,21,24)/t10-/m0/s1. The Morgan fingerprint density at radius 2 is 1.86 bits per heavy atom. The fraction of sp³-hybridized carbons (Fsp3) is 0.176. The third-order valence-corrected chi connectivity index (χ3v) is 3.89. The first-order valence-corrected chi connectivity index (χ1v) is 7.93. The summed E-state index contributed by atoms with van der Waals surface area (Å²) in [7, 11) is 0. The Bertz CT molecular complexity index is 892. The van der Waals surface area contributed by atoms with Crippen LogP contribution in [0.15, 0.2) is 42.5 Å². The molecule has 148 valence electrons. The Kier molecular flexibility index (Phi) is 6.55. The highest BCUT2D eigenvalue weighted by Crippen LogP contribution is 2.19. The lowest BCUT2D eigenvalue weighted by Gasteiger charge is -2.28. The number of nitrogens with zero attached hydrogens (tertiary/aromatic N) is 2. The fourth-order valence-electron chi connectivity index (χ4n) is 2.32. The fourth-order valence-corrected chi connectivity index (χ4v) is 2.32. The van der Waals surface area contributed by atoms with E-state index in [9.17, 15) is 28.5 Å². The summed E-state index contributed by atoms with van der Waals surface area (Å²) in [5.41, 5.74) is 1.39. The number of hydrogen-bond acceptors (Lipinski definition) is 5. The minimum absolute atomic E-state index is 0.158. The van der Waals surface area contributed by atoms with Crippen molar-refractivity contribution in [2.75, 3.05) is 5.32 Å². The molecule has 0 fully saturated rings. The summed E-state index contributed by atoms with van der Waals surface area (Å²) < 4.78 is 26.8. The summed E-state index contributed by atoms with van der Waals surface area (Å²) in [6.07, 6.45) is 0. The number of anilines is 1. The summed E-state index contributed by atoms with van der Waals surface area (Å²) >= 11 is 0. The summed E-state index contributed by atoms with van der Waals surface area (Å²) in [6.45, 7) is 1.14. The van der Waals surface area contributed by atoms with Crippen LogP contribution in [0.4, 0.5) is 25.0 Å². The van der Waals surface area contributed by atoms with Gasteiger partial charge in [0.05, 0.1) is 10.6 Å². The number of urea groups is 1. The summed E-state index contributed by atoms with van der Waals surface area (Å²) in [5, 5.41) is 21.8. The SMILES string of the molecule is C[C@@H](C(=O)NO)N(Cc1ccc([N+](=O)[O-])cc1)C(=O)Nc1ccc(F)cc1F. The lowest BCUT2D eigenvalue weighted by Crippen LogP contribution is -2.48. The average Bonchev–Trinajstić information content (AvgIpc) is 2.67. The minimum Gasteiger partial charge on any atom is -0.308 e. The van der Waals surface area contributed by atoms with Crippen LogP contribution in [0.3, 0.4) is 0 Å². The lowest BCUT2D eigenvalue weighted by molar-refractivity contribution is -0.384. The van der Waals surface area contributed by atoms with E-state index in [1.807, 2.05) is 0 Å². The van der Waals surface area contributed by atoms with E-state index in [4.69, 9.17) is 5.21 Å². The van der Waals surface area contributed by atoms with Crippen molar-refractivity contribution in [2.45, 2.75) is 19.5 Å². The van der Waals surface area contributed by atoms with Crippen LogP contribution in [0.1, 0.15) is 12.5 Å². The Morgan fingerprint density at radius 3 is 2.39 bits per heavy atom. The highest BCUT2D eigenvalue weighted by molar-refractivity contribution is 5.93. The number of halogens is 2. The molecule has 2 aromatic rings. The number of rotatable bonds is 6. The molecule has 0 aliphatic heterocycles. The maximum absolute atomic E-state index is 13.8. The lowest BCUT2D eigenvalue weighted by atomic mass is 10.1. The third-order valence-electron chi connectivity index (χ3n) is 3.89. The van der Waals surface area contributed by atoms with Crippen molar-refractivity contribution in [3.05, 3.63) is 69.8 Å². The van der Waals surface area contributed by atoms with Crippen molar-refractivity contribution < 1.29 is 28.5 Å². The molecule has 0 radical (unpaired) electrons. The molecule has 3 amide bonds. The van der Waals surface area contributed by atoms with Crippen molar-refractivity contribution in [2.24, 2.45) is 0 Å². The second kappa shape index (κ2) is 8.86. The van der Waals surface area contributed by atoms with E-state index >= 15 is 0 Å². The van der Waals surface area contributed by atoms with Gasteiger partial charge in [-0.2, -0.15) is 0 Å². The highest BCUT2D eigenvalue weighted by Gasteiger charge is 2.27. The normalized spacial score (nSPS) is 11.4. The van der Waals surface area contributed by atoms with Gasteiger partial charge in [-0.3, -0.25) is 20.1 Å². The van der Waals surface area contributed by atoms with Gasteiger partial charge in [0.2, 0.25) is 0 Å². The molecule has 9 nitrogen and oxygen atoms in total. The number of nitro benzene ring substituents is 1. The van der Waals surface area contributed by atoms with Crippen molar-refractivity contribution in [3.63, 3.8) is 0 Å². The molecule has 0 unspecified atom stereocenters. The van der Waals surface area contributed by atoms with Gasteiger partial charge in [-0.25, -0.2) is 19.1 Å².